The van der Waals surface area contributed by atoms with E-state index in [-0.39, 0.29) is 5.91 Å². The number of hydrogen-bond acceptors (Lipinski definition) is 4. The summed E-state index contributed by atoms with van der Waals surface area (Å²) in [5.74, 6) is 0.405. The Bertz CT molecular complexity index is 847. The van der Waals surface area contributed by atoms with Crippen molar-refractivity contribution in [3.8, 4) is 0 Å². The van der Waals surface area contributed by atoms with Gasteiger partial charge in [0.2, 0.25) is 0 Å². The van der Waals surface area contributed by atoms with Crippen LogP contribution in [0, 0.1) is 0 Å². The Morgan fingerprint density at radius 3 is 2.44 bits per heavy atom. The van der Waals surface area contributed by atoms with Crippen molar-refractivity contribution in [2.45, 2.75) is 13.3 Å². The Morgan fingerprint density at radius 1 is 1.04 bits per heavy atom. The van der Waals surface area contributed by atoms with E-state index >= 15 is 0 Å². The predicted molar refractivity (Wildman–Crippen MR) is 100 cm³/mol. The lowest BCUT2D eigenvalue weighted by Gasteiger charge is -2.17. The van der Waals surface area contributed by atoms with Crippen molar-refractivity contribution in [2.75, 3.05) is 17.3 Å². The van der Waals surface area contributed by atoms with Gasteiger partial charge in [0.1, 0.15) is 17.8 Å². The predicted octanol–water partition coefficient (Wildman–Crippen LogP) is 4.06. The highest BCUT2D eigenvalue weighted by Crippen LogP contribution is 2.18. The molecule has 0 saturated heterocycles. The van der Waals surface area contributed by atoms with E-state index in [9.17, 15) is 4.79 Å². The third kappa shape index (κ3) is 4.01. The fraction of sp³-hybridized carbons (Fsp3) is 0.150. The summed E-state index contributed by atoms with van der Waals surface area (Å²) in [5.41, 5.74) is 3.35. The molecule has 0 unspecified atom stereocenters. The number of carbonyl (C=O) groups is 1. The van der Waals surface area contributed by atoms with E-state index in [1.807, 2.05) is 42.5 Å². The smallest absolute Gasteiger partial charge is 0.276 e. The van der Waals surface area contributed by atoms with Crippen molar-refractivity contribution in [1.82, 2.24) is 9.97 Å². The van der Waals surface area contributed by atoms with Crippen molar-refractivity contribution in [1.29, 1.82) is 0 Å². The van der Waals surface area contributed by atoms with Crippen molar-refractivity contribution in [3.63, 3.8) is 0 Å². The zero-order valence-corrected chi connectivity index (χ0v) is 14.3. The van der Waals surface area contributed by atoms with Gasteiger partial charge in [-0.1, -0.05) is 37.3 Å². The summed E-state index contributed by atoms with van der Waals surface area (Å²) in [6.07, 6.45) is 2.40. The molecule has 0 bridgehead atoms. The van der Waals surface area contributed by atoms with E-state index in [0.29, 0.717) is 11.5 Å². The molecule has 1 N–H and O–H groups in total. The molecule has 0 spiro atoms. The van der Waals surface area contributed by atoms with E-state index in [1.54, 1.807) is 18.0 Å². The average molecular weight is 332 g/mol. The summed E-state index contributed by atoms with van der Waals surface area (Å²) in [5, 5.41) is 3.21. The number of para-hydroxylation sites is 1. The Morgan fingerprint density at radius 2 is 1.76 bits per heavy atom. The maximum Gasteiger partial charge on any atom is 0.276 e. The van der Waals surface area contributed by atoms with E-state index in [2.05, 4.69) is 34.3 Å². The summed E-state index contributed by atoms with van der Waals surface area (Å²) in [4.78, 5) is 22.5. The van der Waals surface area contributed by atoms with Crippen molar-refractivity contribution < 1.29 is 4.79 Å². The molecule has 0 saturated carbocycles. The molecular formula is C20H20N4O. The van der Waals surface area contributed by atoms with Crippen LogP contribution in [0.4, 0.5) is 17.2 Å². The first-order valence-corrected chi connectivity index (χ1v) is 8.18. The number of amides is 1. The third-order valence-electron chi connectivity index (χ3n) is 3.97. The largest absolute Gasteiger partial charge is 0.340 e. The molecule has 0 atom stereocenters. The van der Waals surface area contributed by atoms with E-state index in [1.165, 1.54) is 11.9 Å². The topological polar surface area (TPSA) is 58.1 Å². The quantitative estimate of drug-likeness (QED) is 0.765. The van der Waals surface area contributed by atoms with Gasteiger partial charge in [-0.05, 0) is 36.2 Å². The van der Waals surface area contributed by atoms with Gasteiger partial charge in [-0.2, -0.15) is 0 Å². The number of carbonyl (C=O) groups excluding carboxylic acids is 1. The normalized spacial score (nSPS) is 10.3. The molecule has 3 aromatic rings. The minimum Gasteiger partial charge on any atom is -0.340 e. The van der Waals surface area contributed by atoms with Gasteiger partial charge < -0.3 is 10.2 Å². The van der Waals surface area contributed by atoms with Crippen LogP contribution in [0.1, 0.15) is 23.0 Å². The van der Waals surface area contributed by atoms with Crippen molar-refractivity contribution in [2.24, 2.45) is 0 Å². The molecule has 1 heterocycles. The van der Waals surface area contributed by atoms with Gasteiger partial charge in [0, 0.05) is 24.5 Å². The van der Waals surface area contributed by atoms with Gasteiger partial charge in [-0.15, -0.1) is 0 Å². The van der Waals surface area contributed by atoms with Gasteiger partial charge in [0.25, 0.3) is 5.91 Å². The monoisotopic (exact) mass is 332 g/mol. The molecule has 126 valence electrons. The van der Waals surface area contributed by atoms with Crippen LogP contribution in [0.2, 0.25) is 0 Å². The van der Waals surface area contributed by atoms with E-state index in [0.717, 1.165) is 17.8 Å². The third-order valence-corrected chi connectivity index (χ3v) is 3.97. The van der Waals surface area contributed by atoms with Crippen LogP contribution in [0.5, 0.6) is 0 Å². The first-order valence-electron chi connectivity index (χ1n) is 8.18. The van der Waals surface area contributed by atoms with E-state index in [4.69, 9.17) is 0 Å². The highest BCUT2D eigenvalue weighted by Gasteiger charge is 2.15. The average Bonchev–Trinajstić information content (AvgIpc) is 2.68. The summed E-state index contributed by atoms with van der Waals surface area (Å²) in [7, 11) is 1.73. The highest BCUT2D eigenvalue weighted by atomic mass is 16.2. The molecular weight excluding hydrogens is 312 g/mol. The molecule has 1 aromatic heterocycles. The Kier molecular flexibility index (Phi) is 5.04. The molecule has 3 rings (SSSR count). The summed E-state index contributed by atoms with van der Waals surface area (Å²) >= 11 is 0. The fourth-order valence-corrected chi connectivity index (χ4v) is 2.45. The summed E-state index contributed by atoms with van der Waals surface area (Å²) in [6, 6.07) is 19.3. The molecule has 0 fully saturated rings. The number of benzene rings is 2. The maximum atomic E-state index is 12.6. The van der Waals surface area contributed by atoms with Crippen LogP contribution in [0.25, 0.3) is 0 Å². The summed E-state index contributed by atoms with van der Waals surface area (Å²) in [6.45, 7) is 2.12. The van der Waals surface area contributed by atoms with Crippen molar-refractivity contribution in [3.05, 3.63) is 78.2 Å². The number of rotatable bonds is 5. The van der Waals surface area contributed by atoms with Crippen LogP contribution in [-0.4, -0.2) is 22.9 Å². The second-order valence-corrected chi connectivity index (χ2v) is 5.66. The molecule has 5 nitrogen and oxygen atoms in total. The van der Waals surface area contributed by atoms with Gasteiger partial charge in [-0.25, -0.2) is 9.97 Å². The molecule has 5 heteroatoms. The van der Waals surface area contributed by atoms with E-state index < -0.39 is 0 Å². The lowest BCUT2D eigenvalue weighted by molar-refractivity contribution is 0.0988. The Balaban J connectivity index is 1.77. The second-order valence-electron chi connectivity index (χ2n) is 5.66. The highest BCUT2D eigenvalue weighted by molar-refractivity contribution is 6.04. The number of aromatic nitrogens is 2. The molecule has 0 radical (unpaired) electrons. The zero-order chi connectivity index (χ0) is 17.6. The minimum absolute atomic E-state index is 0.182. The van der Waals surface area contributed by atoms with Gasteiger partial charge in [-0.3, -0.25) is 4.79 Å². The SMILES string of the molecule is CCc1ccc(Nc2cc(C(=O)N(C)c3ccccc3)ncn2)cc1. The van der Waals surface area contributed by atoms with Crippen LogP contribution in [-0.2, 0) is 6.42 Å². The Hall–Kier alpha value is -3.21. The lowest BCUT2D eigenvalue weighted by Crippen LogP contribution is -2.27. The summed E-state index contributed by atoms with van der Waals surface area (Å²) < 4.78 is 0. The van der Waals surface area contributed by atoms with Gasteiger partial charge >= 0.3 is 0 Å². The van der Waals surface area contributed by atoms with Crippen LogP contribution in [0.3, 0.4) is 0 Å². The Labute approximate surface area is 147 Å². The first kappa shape index (κ1) is 16.6. The van der Waals surface area contributed by atoms with Crippen molar-refractivity contribution >= 4 is 23.1 Å². The number of hydrogen-bond donors (Lipinski definition) is 1. The number of nitrogens with zero attached hydrogens (tertiary/aromatic N) is 3. The molecule has 0 aliphatic carbocycles. The van der Waals surface area contributed by atoms with Crippen LogP contribution >= 0.6 is 0 Å². The van der Waals surface area contributed by atoms with Crippen LogP contribution in [0.15, 0.2) is 67.0 Å². The lowest BCUT2D eigenvalue weighted by atomic mass is 10.1. The second kappa shape index (κ2) is 7.57. The first-order chi connectivity index (χ1) is 12.2. The maximum absolute atomic E-state index is 12.6. The fourth-order valence-electron chi connectivity index (χ4n) is 2.45. The van der Waals surface area contributed by atoms with Gasteiger partial charge in [0.15, 0.2) is 0 Å². The molecule has 1 amide bonds. The molecule has 0 aliphatic rings. The standard InChI is InChI=1S/C20H20N4O/c1-3-15-9-11-16(12-10-15)23-19-13-18(21-14-22-19)20(25)24(2)17-7-5-4-6-8-17/h4-14H,3H2,1-2H3,(H,21,22,23). The number of anilines is 3. The zero-order valence-electron chi connectivity index (χ0n) is 14.3. The molecule has 2 aromatic carbocycles. The van der Waals surface area contributed by atoms with Crippen LogP contribution < -0.4 is 10.2 Å². The minimum atomic E-state index is -0.182. The molecule has 0 aliphatic heterocycles. The molecule has 25 heavy (non-hydrogen) atoms. The van der Waals surface area contributed by atoms with Gasteiger partial charge in [0.05, 0.1) is 0 Å². The number of aryl methyl sites for hydroxylation is 1. The number of nitrogens with one attached hydrogen (secondary N) is 1.